The molecule has 0 aliphatic carbocycles. The summed E-state index contributed by atoms with van der Waals surface area (Å²) < 4.78 is 18.6. The van der Waals surface area contributed by atoms with Crippen LogP contribution < -0.4 is 5.32 Å². The zero-order valence-corrected chi connectivity index (χ0v) is 12.6. The Morgan fingerprint density at radius 1 is 1.45 bits per heavy atom. The highest BCUT2D eigenvalue weighted by Gasteiger charge is 2.18. The van der Waals surface area contributed by atoms with E-state index < -0.39 is 0 Å². The van der Waals surface area contributed by atoms with E-state index in [2.05, 4.69) is 10.2 Å². The van der Waals surface area contributed by atoms with Crippen molar-refractivity contribution in [1.82, 2.24) is 10.2 Å². The van der Waals surface area contributed by atoms with Crippen LogP contribution in [0.4, 0.5) is 4.39 Å². The van der Waals surface area contributed by atoms with Crippen LogP contribution in [0, 0.1) is 5.82 Å². The van der Waals surface area contributed by atoms with Gasteiger partial charge in [-0.25, -0.2) is 4.39 Å². The molecule has 1 aromatic carbocycles. The van der Waals surface area contributed by atoms with Gasteiger partial charge >= 0.3 is 0 Å². The van der Waals surface area contributed by atoms with Crippen molar-refractivity contribution in [2.24, 2.45) is 0 Å². The number of nitrogens with zero attached hydrogens (tertiary/aromatic N) is 1. The third kappa shape index (κ3) is 5.02. The molecule has 5 heteroatoms. The molecule has 1 saturated heterocycles. The molecular formula is C15H22ClFN2O. The number of hydrogen-bond donors (Lipinski definition) is 1. The molecule has 1 heterocycles. The number of benzene rings is 1. The Bertz CT molecular complexity index is 404. The van der Waals surface area contributed by atoms with Crippen molar-refractivity contribution in [3.8, 4) is 0 Å². The van der Waals surface area contributed by atoms with E-state index >= 15 is 0 Å². The summed E-state index contributed by atoms with van der Waals surface area (Å²) in [6.45, 7) is 4.25. The fraction of sp³-hybridized carbons (Fsp3) is 0.600. The van der Waals surface area contributed by atoms with Crippen LogP contribution in [0.2, 0.25) is 5.02 Å². The minimum absolute atomic E-state index is 0.279. The molecule has 0 saturated carbocycles. The summed E-state index contributed by atoms with van der Waals surface area (Å²) in [6, 6.07) is 5.24. The Morgan fingerprint density at radius 3 is 2.95 bits per heavy atom. The van der Waals surface area contributed by atoms with Crippen molar-refractivity contribution in [1.29, 1.82) is 0 Å². The standard InChI is InChI=1S/C15H22ClFN2O/c1-20-6-5-19(11-15-3-2-4-18-15)10-12-7-13(16)9-14(17)8-12/h7-9,15,18H,2-6,10-11H2,1H3. The van der Waals surface area contributed by atoms with Gasteiger partial charge in [0.25, 0.3) is 0 Å². The first kappa shape index (κ1) is 15.7. The fourth-order valence-corrected chi connectivity index (χ4v) is 2.88. The normalized spacial score (nSPS) is 18.9. The summed E-state index contributed by atoms with van der Waals surface area (Å²) in [4.78, 5) is 2.29. The van der Waals surface area contributed by atoms with Crippen LogP contribution in [-0.4, -0.2) is 44.3 Å². The van der Waals surface area contributed by atoms with Crippen molar-refractivity contribution < 1.29 is 9.13 Å². The van der Waals surface area contributed by atoms with Gasteiger partial charge in [0.1, 0.15) is 5.82 Å². The quantitative estimate of drug-likeness (QED) is 0.838. The topological polar surface area (TPSA) is 24.5 Å². The second kappa shape index (κ2) is 7.93. The maximum Gasteiger partial charge on any atom is 0.125 e. The lowest BCUT2D eigenvalue weighted by molar-refractivity contribution is 0.138. The van der Waals surface area contributed by atoms with Crippen LogP contribution in [0.15, 0.2) is 18.2 Å². The largest absolute Gasteiger partial charge is 0.383 e. The highest BCUT2D eigenvalue weighted by atomic mass is 35.5. The molecule has 3 nitrogen and oxygen atoms in total. The summed E-state index contributed by atoms with van der Waals surface area (Å²) in [6.07, 6.45) is 2.43. The number of hydrogen-bond acceptors (Lipinski definition) is 3. The van der Waals surface area contributed by atoms with Gasteiger partial charge in [0.2, 0.25) is 0 Å². The van der Waals surface area contributed by atoms with Gasteiger partial charge in [-0.2, -0.15) is 0 Å². The van der Waals surface area contributed by atoms with Crippen LogP contribution in [0.25, 0.3) is 0 Å². The van der Waals surface area contributed by atoms with E-state index in [1.165, 1.54) is 18.9 Å². The highest BCUT2D eigenvalue weighted by Crippen LogP contribution is 2.16. The molecule has 112 valence electrons. The van der Waals surface area contributed by atoms with Crippen LogP contribution >= 0.6 is 11.6 Å². The predicted molar refractivity (Wildman–Crippen MR) is 79.6 cm³/mol. The molecular weight excluding hydrogens is 279 g/mol. The van der Waals surface area contributed by atoms with Crippen LogP contribution in [0.1, 0.15) is 18.4 Å². The minimum atomic E-state index is -0.279. The molecule has 2 rings (SSSR count). The smallest absolute Gasteiger partial charge is 0.125 e. The number of methoxy groups -OCH3 is 1. The van der Waals surface area contributed by atoms with E-state index in [1.807, 2.05) is 6.07 Å². The Hall–Kier alpha value is -0.680. The summed E-state index contributed by atoms with van der Waals surface area (Å²) in [5.74, 6) is -0.279. The first-order valence-corrected chi connectivity index (χ1v) is 7.45. The van der Waals surface area contributed by atoms with E-state index in [1.54, 1.807) is 13.2 Å². The molecule has 20 heavy (non-hydrogen) atoms. The number of ether oxygens (including phenoxy) is 1. The molecule has 1 aromatic rings. The molecule has 0 amide bonds. The van der Waals surface area contributed by atoms with Gasteiger partial charge in [-0.3, -0.25) is 4.90 Å². The molecule has 1 N–H and O–H groups in total. The maximum atomic E-state index is 13.4. The van der Waals surface area contributed by atoms with Gasteiger partial charge in [-0.15, -0.1) is 0 Å². The van der Waals surface area contributed by atoms with Gasteiger partial charge in [0.15, 0.2) is 0 Å². The number of halogens is 2. The summed E-state index contributed by atoms with van der Waals surface area (Å²) >= 11 is 5.91. The summed E-state index contributed by atoms with van der Waals surface area (Å²) in [7, 11) is 1.70. The average Bonchev–Trinajstić information content (AvgIpc) is 2.87. The molecule has 0 aromatic heterocycles. The molecule has 0 radical (unpaired) electrons. The third-order valence-electron chi connectivity index (χ3n) is 3.58. The lowest BCUT2D eigenvalue weighted by Crippen LogP contribution is -2.38. The van der Waals surface area contributed by atoms with Crippen molar-refractivity contribution in [3.63, 3.8) is 0 Å². The van der Waals surface area contributed by atoms with Crippen LogP contribution in [0.3, 0.4) is 0 Å². The fourth-order valence-electron chi connectivity index (χ4n) is 2.64. The minimum Gasteiger partial charge on any atom is -0.383 e. The zero-order chi connectivity index (χ0) is 14.4. The van der Waals surface area contributed by atoms with Gasteiger partial charge < -0.3 is 10.1 Å². The molecule has 1 fully saturated rings. The predicted octanol–water partition coefficient (Wildman–Crippen LogP) is 2.68. The zero-order valence-electron chi connectivity index (χ0n) is 11.9. The van der Waals surface area contributed by atoms with Gasteiger partial charge in [-0.1, -0.05) is 11.6 Å². The van der Waals surface area contributed by atoms with E-state index in [0.717, 1.165) is 25.2 Å². The monoisotopic (exact) mass is 300 g/mol. The van der Waals surface area contributed by atoms with E-state index in [9.17, 15) is 4.39 Å². The third-order valence-corrected chi connectivity index (χ3v) is 3.80. The Balaban J connectivity index is 1.97. The van der Waals surface area contributed by atoms with Crippen molar-refractivity contribution in [3.05, 3.63) is 34.6 Å². The van der Waals surface area contributed by atoms with Gasteiger partial charge in [0, 0.05) is 37.8 Å². The number of rotatable bonds is 7. The SMILES string of the molecule is COCCN(Cc1cc(F)cc(Cl)c1)CC1CCCN1. The molecule has 0 spiro atoms. The van der Waals surface area contributed by atoms with Crippen molar-refractivity contribution in [2.75, 3.05) is 33.4 Å². The van der Waals surface area contributed by atoms with Crippen molar-refractivity contribution >= 4 is 11.6 Å². The van der Waals surface area contributed by atoms with E-state index in [0.29, 0.717) is 24.2 Å². The van der Waals surface area contributed by atoms with E-state index in [-0.39, 0.29) is 5.82 Å². The highest BCUT2D eigenvalue weighted by molar-refractivity contribution is 6.30. The lowest BCUT2D eigenvalue weighted by atomic mass is 10.1. The second-order valence-electron chi connectivity index (χ2n) is 5.30. The number of nitrogens with one attached hydrogen (secondary N) is 1. The molecule has 1 atom stereocenters. The Morgan fingerprint density at radius 2 is 2.30 bits per heavy atom. The lowest BCUT2D eigenvalue weighted by Gasteiger charge is -2.25. The molecule has 1 aliphatic rings. The maximum absolute atomic E-state index is 13.4. The van der Waals surface area contributed by atoms with Crippen molar-refractivity contribution in [2.45, 2.75) is 25.4 Å². The Kier molecular flexibility index (Phi) is 6.23. The first-order valence-electron chi connectivity index (χ1n) is 7.07. The summed E-state index contributed by atoms with van der Waals surface area (Å²) in [5, 5.41) is 3.94. The second-order valence-corrected chi connectivity index (χ2v) is 5.74. The Labute approximate surface area is 125 Å². The molecule has 1 unspecified atom stereocenters. The van der Waals surface area contributed by atoms with Gasteiger partial charge in [0.05, 0.1) is 6.61 Å². The van der Waals surface area contributed by atoms with E-state index in [4.69, 9.17) is 16.3 Å². The average molecular weight is 301 g/mol. The van der Waals surface area contributed by atoms with Crippen LogP contribution in [0.5, 0.6) is 0 Å². The first-order chi connectivity index (χ1) is 9.67. The molecule has 1 aliphatic heterocycles. The van der Waals surface area contributed by atoms with Gasteiger partial charge in [-0.05, 0) is 43.1 Å². The van der Waals surface area contributed by atoms with Crippen LogP contribution in [-0.2, 0) is 11.3 Å². The molecule has 0 bridgehead atoms. The summed E-state index contributed by atoms with van der Waals surface area (Å²) in [5.41, 5.74) is 0.907.